The van der Waals surface area contributed by atoms with Crippen LogP contribution in [0.4, 0.5) is 17.6 Å². The Bertz CT molecular complexity index is 941. The molecular formula is C19H13F4N3O. The van der Waals surface area contributed by atoms with Gasteiger partial charge in [0.1, 0.15) is 11.6 Å². The van der Waals surface area contributed by atoms with Crippen LogP contribution in [0.15, 0.2) is 55.1 Å². The Morgan fingerprint density at radius 3 is 2.22 bits per heavy atom. The molecule has 0 atom stereocenters. The minimum absolute atomic E-state index is 0.0300. The van der Waals surface area contributed by atoms with Crippen LogP contribution in [-0.4, -0.2) is 20.7 Å². The summed E-state index contributed by atoms with van der Waals surface area (Å²) in [5.74, 6) is -1.64. The fourth-order valence-electron chi connectivity index (χ4n) is 2.46. The number of halogens is 4. The molecule has 0 spiro atoms. The van der Waals surface area contributed by atoms with Crippen LogP contribution in [0.25, 0.3) is 0 Å². The minimum atomic E-state index is -4.88. The summed E-state index contributed by atoms with van der Waals surface area (Å²) in [5.41, 5.74) is -0.678. The minimum Gasteiger partial charge on any atom is -0.288 e. The van der Waals surface area contributed by atoms with Gasteiger partial charge < -0.3 is 0 Å². The van der Waals surface area contributed by atoms with Gasteiger partial charge in [-0.3, -0.25) is 9.78 Å². The van der Waals surface area contributed by atoms with Crippen molar-refractivity contribution in [1.29, 1.82) is 0 Å². The highest BCUT2D eigenvalue weighted by molar-refractivity contribution is 6.08. The zero-order valence-electron chi connectivity index (χ0n) is 13.9. The molecule has 8 heteroatoms. The predicted molar refractivity (Wildman–Crippen MR) is 88.5 cm³/mol. The van der Waals surface area contributed by atoms with Crippen LogP contribution in [0.2, 0.25) is 0 Å². The van der Waals surface area contributed by atoms with E-state index < -0.39 is 23.3 Å². The van der Waals surface area contributed by atoms with Crippen LogP contribution in [0.3, 0.4) is 0 Å². The molecule has 1 aromatic carbocycles. The second kappa shape index (κ2) is 7.61. The molecule has 2 heterocycles. The molecule has 0 aliphatic rings. The van der Waals surface area contributed by atoms with E-state index in [-0.39, 0.29) is 11.1 Å². The maximum absolute atomic E-state index is 13.3. The number of aromatic nitrogens is 3. The average molecular weight is 375 g/mol. The monoisotopic (exact) mass is 375 g/mol. The zero-order valence-corrected chi connectivity index (χ0v) is 13.9. The Kier molecular flexibility index (Phi) is 5.25. The van der Waals surface area contributed by atoms with Gasteiger partial charge in [-0.25, -0.2) is 14.4 Å². The maximum Gasteiger partial charge on any atom is 0.419 e. The van der Waals surface area contributed by atoms with Gasteiger partial charge in [-0.2, -0.15) is 13.2 Å². The van der Waals surface area contributed by atoms with E-state index in [1.165, 1.54) is 12.4 Å². The summed E-state index contributed by atoms with van der Waals surface area (Å²) >= 11 is 0. The number of aryl methyl sites for hydroxylation is 2. The Morgan fingerprint density at radius 2 is 1.59 bits per heavy atom. The first-order valence-electron chi connectivity index (χ1n) is 7.96. The molecule has 0 radical (unpaired) electrons. The number of carbonyl (C=O) groups is 1. The van der Waals surface area contributed by atoms with E-state index in [0.29, 0.717) is 30.8 Å². The summed E-state index contributed by atoms with van der Waals surface area (Å²) in [6.07, 6.45) is 2.21. The lowest BCUT2D eigenvalue weighted by molar-refractivity contribution is -0.140. The second-order valence-corrected chi connectivity index (χ2v) is 5.76. The highest BCUT2D eigenvalue weighted by Crippen LogP contribution is 2.32. The molecule has 3 aromatic rings. The van der Waals surface area contributed by atoms with Gasteiger partial charge in [-0.15, -0.1) is 0 Å². The van der Waals surface area contributed by atoms with Crippen LogP contribution >= 0.6 is 0 Å². The lowest BCUT2D eigenvalue weighted by atomic mass is 10.0. The van der Waals surface area contributed by atoms with Gasteiger partial charge in [-0.1, -0.05) is 0 Å². The molecule has 0 saturated heterocycles. The second-order valence-electron chi connectivity index (χ2n) is 5.76. The Labute approximate surface area is 151 Å². The van der Waals surface area contributed by atoms with Crippen molar-refractivity contribution in [3.63, 3.8) is 0 Å². The molecule has 3 rings (SSSR count). The first kappa shape index (κ1) is 18.6. The van der Waals surface area contributed by atoms with Gasteiger partial charge in [0.25, 0.3) is 0 Å². The molecule has 138 valence electrons. The van der Waals surface area contributed by atoms with Gasteiger partial charge in [0.15, 0.2) is 5.78 Å². The first-order chi connectivity index (χ1) is 12.8. The van der Waals surface area contributed by atoms with E-state index in [1.54, 1.807) is 12.4 Å². The molecule has 4 nitrogen and oxygen atoms in total. The smallest absolute Gasteiger partial charge is 0.288 e. The third kappa shape index (κ3) is 4.52. The number of rotatable bonds is 5. The zero-order chi connectivity index (χ0) is 19.4. The molecule has 0 amide bonds. The van der Waals surface area contributed by atoms with Crippen molar-refractivity contribution in [1.82, 2.24) is 15.0 Å². The molecule has 0 saturated carbocycles. The molecular weight excluding hydrogens is 362 g/mol. The average Bonchev–Trinajstić information content (AvgIpc) is 2.66. The molecule has 0 bridgehead atoms. The molecule has 27 heavy (non-hydrogen) atoms. The molecule has 0 unspecified atom stereocenters. The standard InChI is InChI=1S/C19H13F4N3O/c20-16-3-2-13(9-15(16)19(21,22)23)18(27)14-10-25-17(26-11-14)4-1-12-5-7-24-8-6-12/h2-3,5-11H,1,4H2. The van der Waals surface area contributed by atoms with Gasteiger partial charge in [0, 0.05) is 36.8 Å². The fourth-order valence-corrected chi connectivity index (χ4v) is 2.46. The molecule has 2 aromatic heterocycles. The quantitative estimate of drug-likeness (QED) is 0.499. The normalized spacial score (nSPS) is 11.4. The predicted octanol–water partition coefficient (Wildman–Crippen LogP) is 4.05. The van der Waals surface area contributed by atoms with E-state index >= 15 is 0 Å². The van der Waals surface area contributed by atoms with Gasteiger partial charge >= 0.3 is 6.18 Å². The number of nitrogens with zero attached hydrogens (tertiary/aromatic N) is 3. The van der Waals surface area contributed by atoms with Crippen LogP contribution < -0.4 is 0 Å². The van der Waals surface area contributed by atoms with Crippen molar-refractivity contribution in [3.8, 4) is 0 Å². The summed E-state index contributed by atoms with van der Waals surface area (Å²) in [6, 6.07) is 5.86. The largest absolute Gasteiger partial charge is 0.419 e. The third-order valence-corrected chi connectivity index (χ3v) is 3.89. The van der Waals surface area contributed by atoms with Crippen molar-refractivity contribution in [2.45, 2.75) is 19.0 Å². The SMILES string of the molecule is O=C(c1cnc(CCc2ccncc2)nc1)c1ccc(F)c(C(F)(F)F)c1. The number of pyridine rings is 1. The molecule has 0 aliphatic carbocycles. The summed E-state index contributed by atoms with van der Waals surface area (Å²) in [6.45, 7) is 0. The van der Waals surface area contributed by atoms with E-state index in [2.05, 4.69) is 15.0 Å². The van der Waals surface area contributed by atoms with Crippen molar-refractivity contribution < 1.29 is 22.4 Å². The Morgan fingerprint density at radius 1 is 0.926 bits per heavy atom. The number of ketones is 1. The molecule has 0 fully saturated rings. The van der Waals surface area contributed by atoms with Gasteiger partial charge in [0.05, 0.1) is 11.1 Å². The fraction of sp³-hybridized carbons (Fsp3) is 0.158. The van der Waals surface area contributed by atoms with Crippen molar-refractivity contribution in [2.75, 3.05) is 0 Å². The number of alkyl halides is 3. The Hall–Kier alpha value is -3.16. The van der Waals surface area contributed by atoms with Crippen molar-refractivity contribution >= 4 is 5.78 Å². The lowest BCUT2D eigenvalue weighted by Crippen LogP contribution is -2.11. The first-order valence-corrected chi connectivity index (χ1v) is 7.96. The van der Waals surface area contributed by atoms with E-state index in [9.17, 15) is 22.4 Å². The Balaban J connectivity index is 1.74. The summed E-state index contributed by atoms with van der Waals surface area (Å²) in [7, 11) is 0. The topological polar surface area (TPSA) is 55.7 Å². The summed E-state index contributed by atoms with van der Waals surface area (Å²) in [4.78, 5) is 24.4. The van der Waals surface area contributed by atoms with E-state index in [1.807, 2.05) is 12.1 Å². The van der Waals surface area contributed by atoms with Crippen molar-refractivity contribution in [2.24, 2.45) is 0 Å². The highest BCUT2D eigenvalue weighted by atomic mass is 19.4. The van der Waals surface area contributed by atoms with Crippen molar-refractivity contribution in [3.05, 3.63) is 89.0 Å². The van der Waals surface area contributed by atoms with Crippen LogP contribution in [0.5, 0.6) is 0 Å². The maximum atomic E-state index is 13.3. The van der Waals surface area contributed by atoms with E-state index in [4.69, 9.17) is 0 Å². The van der Waals surface area contributed by atoms with Crippen LogP contribution in [0, 0.1) is 5.82 Å². The molecule has 0 aliphatic heterocycles. The number of hydrogen-bond acceptors (Lipinski definition) is 4. The molecule has 0 N–H and O–H groups in total. The van der Waals surface area contributed by atoms with Crippen LogP contribution in [0.1, 0.15) is 32.9 Å². The summed E-state index contributed by atoms with van der Waals surface area (Å²) in [5, 5.41) is 0. The third-order valence-electron chi connectivity index (χ3n) is 3.89. The lowest BCUT2D eigenvalue weighted by Gasteiger charge is -2.09. The number of carbonyl (C=O) groups excluding carboxylic acids is 1. The highest BCUT2D eigenvalue weighted by Gasteiger charge is 2.34. The van der Waals surface area contributed by atoms with Gasteiger partial charge in [0.2, 0.25) is 0 Å². The summed E-state index contributed by atoms with van der Waals surface area (Å²) < 4.78 is 51.7. The number of hydrogen-bond donors (Lipinski definition) is 0. The van der Waals surface area contributed by atoms with Gasteiger partial charge in [-0.05, 0) is 42.3 Å². The van der Waals surface area contributed by atoms with Crippen LogP contribution in [-0.2, 0) is 19.0 Å². The van der Waals surface area contributed by atoms with E-state index in [0.717, 1.165) is 11.6 Å². The number of benzene rings is 1.